The lowest BCUT2D eigenvalue weighted by Crippen LogP contribution is -2.45. The van der Waals surface area contributed by atoms with E-state index in [-0.39, 0.29) is 19.7 Å². The van der Waals surface area contributed by atoms with Gasteiger partial charge in [0.2, 0.25) is 5.43 Å². The van der Waals surface area contributed by atoms with Crippen molar-refractivity contribution in [2.24, 2.45) is 0 Å². The molecule has 1 amide bonds. The van der Waals surface area contributed by atoms with Crippen molar-refractivity contribution in [1.29, 1.82) is 0 Å². The second kappa shape index (κ2) is 8.06. The minimum atomic E-state index is -0.772. The summed E-state index contributed by atoms with van der Waals surface area (Å²) in [7, 11) is 1.53. The molecule has 30 heavy (non-hydrogen) atoms. The number of carbonyl (C=O) groups excluding carboxylic acids is 1. The zero-order valence-corrected chi connectivity index (χ0v) is 15.4. The summed E-state index contributed by atoms with van der Waals surface area (Å²) in [6.07, 6.45) is 0.929. The Morgan fingerprint density at radius 2 is 1.63 bits per heavy atom. The van der Waals surface area contributed by atoms with Crippen molar-refractivity contribution < 1.29 is 18.7 Å². The summed E-state index contributed by atoms with van der Waals surface area (Å²) in [5.74, 6) is -2.76. The third-order valence-corrected chi connectivity index (χ3v) is 5.11. The number of rotatable bonds is 3. The number of fused-ring (bicyclic) bond motifs is 1. The molecule has 2 heterocycles. The fourth-order valence-corrected chi connectivity index (χ4v) is 3.81. The van der Waals surface area contributed by atoms with Crippen LogP contribution in [0.1, 0.15) is 41.0 Å². The predicted molar refractivity (Wildman–Crippen MR) is 108 cm³/mol. The van der Waals surface area contributed by atoms with Crippen molar-refractivity contribution in [2.45, 2.75) is 19.4 Å². The summed E-state index contributed by atoms with van der Waals surface area (Å²) in [4.78, 5) is 25.8. The molecule has 1 aliphatic rings. The van der Waals surface area contributed by atoms with Crippen LogP contribution in [0, 0.1) is 11.6 Å². The molecule has 2 aromatic carbocycles. The summed E-state index contributed by atoms with van der Waals surface area (Å²) in [5.41, 5.74) is 0.0874. The van der Waals surface area contributed by atoms with Gasteiger partial charge in [0, 0.05) is 19.5 Å². The summed E-state index contributed by atoms with van der Waals surface area (Å²) >= 11 is 0. The van der Waals surface area contributed by atoms with Crippen molar-refractivity contribution in [3.05, 3.63) is 93.4 Å². The van der Waals surface area contributed by atoms with Gasteiger partial charge in [0.1, 0.15) is 11.6 Å². The molecule has 156 valence electrons. The molecule has 1 N–H and O–H groups in total. The lowest BCUT2D eigenvalue weighted by Gasteiger charge is -2.37. The molecular weight excluding hydrogens is 392 g/mol. The number of halogens is 2. The van der Waals surface area contributed by atoms with Gasteiger partial charge < -0.3 is 10.0 Å². The van der Waals surface area contributed by atoms with Crippen molar-refractivity contribution in [2.75, 3.05) is 13.6 Å². The van der Waals surface area contributed by atoms with Crippen LogP contribution in [0.4, 0.5) is 8.78 Å². The van der Waals surface area contributed by atoms with Gasteiger partial charge in [0.25, 0.3) is 5.91 Å². The van der Waals surface area contributed by atoms with Crippen molar-refractivity contribution in [3.8, 4) is 5.75 Å². The number of nitrogens with zero attached hydrogens (tertiary/aromatic N) is 3. The molecule has 1 atom stereocenters. The van der Waals surface area contributed by atoms with E-state index in [9.17, 15) is 23.5 Å². The van der Waals surface area contributed by atoms with Crippen molar-refractivity contribution >= 4 is 5.91 Å². The zero-order valence-electron chi connectivity index (χ0n) is 15.4. The third kappa shape index (κ3) is 3.56. The minimum absolute atomic E-state index is 0. The number of carbonyl (C=O) groups is 1. The fourth-order valence-electron chi connectivity index (χ4n) is 3.81. The molecule has 0 saturated heterocycles. The van der Waals surface area contributed by atoms with E-state index in [1.807, 2.05) is 0 Å². The van der Waals surface area contributed by atoms with Gasteiger partial charge in [-0.05, 0) is 35.4 Å². The highest BCUT2D eigenvalue weighted by Gasteiger charge is 2.38. The molecule has 1 aromatic heterocycles. The van der Waals surface area contributed by atoms with Crippen LogP contribution in [-0.2, 0) is 0 Å². The van der Waals surface area contributed by atoms with Crippen molar-refractivity contribution in [1.82, 2.24) is 14.7 Å². The Morgan fingerprint density at radius 1 is 1.07 bits per heavy atom. The zero-order chi connectivity index (χ0) is 20.7. The SMILES string of the molecule is C.CN1CC(C(c2cccc(F)c2)c2cccc(F)c2)n2ncc(=O)c(O)c2C1=O. The van der Waals surface area contributed by atoms with Crippen LogP contribution in [-0.4, -0.2) is 39.3 Å². The molecular formula is C22H21F2N3O3. The Labute approximate surface area is 172 Å². The van der Waals surface area contributed by atoms with E-state index in [1.165, 1.54) is 40.9 Å². The minimum Gasteiger partial charge on any atom is -0.502 e. The standard InChI is InChI=1S/C21H17F2N3O3.CH4/c1-25-11-16(26-19(21(25)29)20(28)17(27)10-24-26)18(12-4-2-6-14(22)8-12)13-5-3-7-15(23)9-13;/h2-10,16,18,28H,11H2,1H3;1H4. The quantitative estimate of drug-likeness (QED) is 0.715. The number of hydrogen-bond donors (Lipinski definition) is 1. The van der Waals surface area contributed by atoms with Crippen LogP contribution >= 0.6 is 0 Å². The van der Waals surface area contributed by atoms with E-state index < -0.39 is 40.7 Å². The smallest absolute Gasteiger partial charge is 0.275 e. The number of benzene rings is 2. The normalized spacial score (nSPS) is 15.7. The van der Waals surface area contributed by atoms with Crippen LogP contribution in [0.3, 0.4) is 0 Å². The molecule has 0 aliphatic carbocycles. The lowest BCUT2D eigenvalue weighted by molar-refractivity contribution is 0.0686. The Kier molecular flexibility index (Phi) is 5.69. The maximum absolute atomic E-state index is 14.0. The number of aromatic hydroxyl groups is 1. The number of hydrogen-bond acceptors (Lipinski definition) is 4. The first kappa shape index (κ1) is 21.2. The first-order valence-electron chi connectivity index (χ1n) is 8.94. The summed E-state index contributed by atoms with van der Waals surface area (Å²) in [5, 5.41) is 14.3. The van der Waals surface area contributed by atoms with E-state index in [0.29, 0.717) is 11.1 Å². The average molecular weight is 413 g/mol. The van der Waals surface area contributed by atoms with E-state index >= 15 is 0 Å². The van der Waals surface area contributed by atoms with E-state index in [0.717, 1.165) is 6.20 Å². The molecule has 3 aromatic rings. The van der Waals surface area contributed by atoms with E-state index in [1.54, 1.807) is 24.3 Å². The fraction of sp³-hybridized carbons (Fsp3) is 0.227. The molecule has 1 aliphatic heterocycles. The van der Waals surface area contributed by atoms with Gasteiger partial charge >= 0.3 is 0 Å². The first-order chi connectivity index (χ1) is 13.9. The van der Waals surface area contributed by atoms with Gasteiger partial charge in [-0.15, -0.1) is 0 Å². The first-order valence-corrected chi connectivity index (χ1v) is 8.94. The average Bonchev–Trinajstić information content (AvgIpc) is 2.68. The van der Waals surface area contributed by atoms with Gasteiger partial charge in [0.05, 0.1) is 12.2 Å². The van der Waals surface area contributed by atoms with E-state index in [2.05, 4.69) is 5.10 Å². The Bertz CT molecular complexity index is 1120. The van der Waals surface area contributed by atoms with Gasteiger partial charge in [-0.3, -0.25) is 14.3 Å². The largest absolute Gasteiger partial charge is 0.502 e. The number of amides is 1. The van der Waals surface area contributed by atoms with Gasteiger partial charge in [-0.1, -0.05) is 31.7 Å². The molecule has 8 heteroatoms. The monoisotopic (exact) mass is 413 g/mol. The third-order valence-electron chi connectivity index (χ3n) is 5.11. The van der Waals surface area contributed by atoms with Crippen LogP contribution in [0.25, 0.3) is 0 Å². The van der Waals surface area contributed by atoms with Crippen LogP contribution in [0.15, 0.2) is 59.5 Å². The predicted octanol–water partition coefficient (Wildman–Crippen LogP) is 3.32. The topological polar surface area (TPSA) is 75.4 Å². The molecule has 1 unspecified atom stereocenters. The van der Waals surface area contributed by atoms with Crippen LogP contribution in [0.5, 0.6) is 5.75 Å². The second-order valence-corrected chi connectivity index (χ2v) is 6.99. The molecule has 0 saturated carbocycles. The van der Waals surface area contributed by atoms with Crippen LogP contribution < -0.4 is 5.43 Å². The van der Waals surface area contributed by atoms with Crippen LogP contribution in [0.2, 0.25) is 0 Å². The van der Waals surface area contributed by atoms with Gasteiger partial charge in [0.15, 0.2) is 11.4 Å². The highest BCUT2D eigenvalue weighted by Crippen LogP contribution is 2.39. The number of aromatic nitrogens is 2. The van der Waals surface area contributed by atoms with Gasteiger partial charge in [-0.25, -0.2) is 8.78 Å². The molecule has 0 radical (unpaired) electrons. The maximum Gasteiger partial charge on any atom is 0.275 e. The summed E-state index contributed by atoms with van der Waals surface area (Å²) in [6, 6.07) is 11.2. The summed E-state index contributed by atoms with van der Waals surface area (Å²) in [6.45, 7) is 0.166. The van der Waals surface area contributed by atoms with Crippen molar-refractivity contribution in [3.63, 3.8) is 0 Å². The highest BCUT2D eigenvalue weighted by molar-refractivity contribution is 5.95. The second-order valence-electron chi connectivity index (χ2n) is 6.99. The lowest BCUT2D eigenvalue weighted by atomic mass is 9.83. The molecule has 0 bridgehead atoms. The Hall–Kier alpha value is -3.55. The maximum atomic E-state index is 14.0. The Balaban J connectivity index is 0.00000256. The highest BCUT2D eigenvalue weighted by atomic mass is 19.1. The molecule has 4 rings (SSSR count). The number of likely N-dealkylation sites (N-methyl/N-ethyl adjacent to an activating group) is 1. The summed E-state index contributed by atoms with van der Waals surface area (Å²) < 4.78 is 29.3. The van der Waals surface area contributed by atoms with E-state index in [4.69, 9.17) is 0 Å². The molecule has 0 fully saturated rings. The molecule has 0 spiro atoms. The van der Waals surface area contributed by atoms with Gasteiger partial charge in [-0.2, -0.15) is 5.10 Å². The molecule has 6 nitrogen and oxygen atoms in total. The Morgan fingerprint density at radius 3 is 2.17 bits per heavy atom.